The van der Waals surface area contributed by atoms with Crippen LogP contribution in [0.15, 0.2) is 18.2 Å². The van der Waals surface area contributed by atoms with Crippen molar-refractivity contribution in [2.75, 3.05) is 0 Å². The summed E-state index contributed by atoms with van der Waals surface area (Å²) in [5.74, 6) is -1.93. The van der Waals surface area contributed by atoms with Crippen molar-refractivity contribution in [3.8, 4) is 11.5 Å². The molecule has 5 nitrogen and oxygen atoms in total. The van der Waals surface area contributed by atoms with E-state index in [2.05, 4.69) is 4.74 Å². The molecular formula is C10H11F2NO4. The first kappa shape index (κ1) is 13.2. The summed E-state index contributed by atoms with van der Waals surface area (Å²) in [6.07, 6.45) is -0.0839. The van der Waals surface area contributed by atoms with Crippen LogP contribution in [0.25, 0.3) is 0 Å². The van der Waals surface area contributed by atoms with Crippen LogP contribution in [0.1, 0.15) is 5.56 Å². The molecule has 94 valence electrons. The molecule has 0 radical (unpaired) electrons. The van der Waals surface area contributed by atoms with Crippen LogP contribution in [0.5, 0.6) is 11.5 Å². The van der Waals surface area contributed by atoms with E-state index in [0.717, 1.165) is 0 Å². The lowest BCUT2D eigenvalue weighted by atomic mass is 10.1. The highest BCUT2D eigenvalue weighted by Gasteiger charge is 2.19. The predicted molar refractivity (Wildman–Crippen MR) is 53.5 cm³/mol. The smallest absolute Gasteiger partial charge is 0.389 e. The van der Waals surface area contributed by atoms with Gasteiger partial charge in [-0.1, -0.05) is 6.07 Å². The minimum absolute atomic E-state index is 0.0839. The Bertz CT molecular complexity index is 411. The van der Waals surface area contributed by atoms with Gasteiger partial charge in [0.25, 0.3) is 0 Å². The summed E-state index contributed by atoms with van der Waals surface area (Å²) in [4.78, 5) is 11.0. The number of alkyl halides is 2. The van der Waals surface area contributed by atoms with Gasteiger partial charge in [0.15, 0.2) is 11.5 Å². The van der Waals surface area contributed by atoms with Crippen molar-refractivity contribution < 1.29 is 28.5 Å². The number of aromatic hydroxyl groups is 2. The molecule has 1 aromatic rings. The van der Waals surface area contributed by atoms with Crippen LogP contribution in [0.4, 0.5) is 8.78 Å². The molecule has 7 heteroatoms. The molecule has 0 saturated carbocycles. The molecule has 0 aliphatic carbocycles. The zero-order valence-electron chi connectivity index (χ0n) is 8.64. The number of ether oxygens (including phenoxy) is 1. The lowest BCUT2D eigenvalue weighted by Crippen LogP contribution is -2.35. The van der Waals surface area contributed by atoms with Crippen molar-refractivity contribution in [1.29, 1.82) is 0 Å². The molecule has 0 fully saturated rings. The van der Waals surface area contributed by atoms with Crippen molar-refractivity contribution in [1.82, 2.24) is 0 Å². The standard InChI is InChI=1S/C10H11F2NO4/c11-10(12)17-9(16)6(13)3-5-1-2-7(14)8(15)4-5/h1-2,4,6,10,14-15H,3,13H2/t6-/m0/s1. The largest absolute Gasteiger partial charge is 0.504 e. The molecule has 0 heterocycles. The molecule has 0 bridgehead atoms. The third-order valence-electron chi connectivity index (χ3n) is 2.00. The Labute approximate surface area is 95.4 Å². The highest BCUT2D eigenvalue weighted by atomic mass is 19.3. The molecule has 4 N–H and O–H groups in total. The molecule has 1 rings (SSSR count). The number of phenolic OH excluding ortho intramolecular Hbond substituents is 2. The third kappa shape index (κ3) is 3.87. The van der Waals surface area contributed by atoms with Gasteiger partial charge in [-0.3, -0.25) is 4.79 Å². The van der Waals surface area contributed by atoms with E-state index in [1.54, 1.807) is 0 Å². The molecule has 0 saturated heterocycles. The molecular weight excluding hydrogens is 236 g/mol. The van der Waals surface area contributed by atoms with Crippen LogP contribution in [0, 0.1) is 0 Å². The minimum Gasteiger partial charge on any atom is -0.504 e. The lowest BCUT2D eigenvalue weighted by Gasteiger charge is -2.11. The van der Waals surface area contributed by atoms with Crippen LogP contribution in [0.3, 0.4) is 0 Å². The maximum Gasteiger partial charge on any atom is 0.389 e. The SMILES string of the molecule is N[C@@H](Cc1ccc(O)c(O)c1)C(=O)OC(F)F. The fourth-order valence-electron chi connectivity index (χ4n) is 1.21. The second-order valence-electron chi connectivity index (χ2n) is 3.33. The van der Waals surface area contributed by atoms with E-state index in [1.165, 1.54) is 18.2 Å². The van der Waals surface area contributed by atoms with Gasteiger partial charge in [0, 0.05) is 0 Å². The number of phenols is 2. The second-order valence-corrected chi connectivity index (χ2v) is 3.33. The van der Waals surface area contributed by atoms with E-state index in [-0.39, 0.29) is 17.9 Å². The summed E-state index contributed by atoms with van der Waals surface area (Å²) in [5.41, 5.74) is 5.75. The lowest BCUT2D eigenvalue weighted by molar-refractivity contribution is -0.177. The van der Waals surface area contributed by atoms with Gasteiger partial charge in [-0.2, -0.15) is 8.78 Å². The molecule has 0 amide bonds. The van der Waals surface area contributed by atoms with Crippen molar-refractivity contribution in [3.05, 3.63) is 23.8 Å². The number of benzene rings is 1. The number of rotatable bonds is 4. The van der Waals surface area contributed by atoms with Crippen LogP contribution < -0.4 is 5.73 Å². The summed E-state index contributed by atoms with van der Waals surface area (Å²) in [5, 5.41) is 18.2. The van der Waals surface area contributed by atoms with Gasteiger partial charge in [0.05, 0.1) is 0 Å². The van der Waals surface area contributed by atoms with E-state index in [1.807, 2.05) is 0 Å². The number of esters is 1. The van der Waals surface area contributed by atoms with Gasteiger partial charge in [0.1, 0.15) is 6.04 Å². The normalized spacial score (nSPS) is 12.5. The van der Waals surface area contributed by atoms with Crippen molar-refractivity contribution in [3.63, 3.8) is 0 Å². The Hall–Kier alpha value is -1.89. The molecule has 0 aromatic heterocycles. The first-order valence-corrected chi connectivity index (χ1v) is 4.65. The summed E-state index contributed by atoms with van der Waals surface area (Å²) < 4.78 is 27.1. The Morgan fingerprint density at radius 2 is 2.00 bits per heavy atom. The Morgan fingerprint density at radius 3 is 2.53 bits per heavy atom. The van der Waals surface area contributed by atoms with E-state index in [0.29, 0.717) is 5.56 Å². The zero-order valence-corrected chi connectivity index (χ0v) is 8.64. The summed E-state index contributed by atoms with van der Waals surface area (Å²) in [6, 6.07) is 2.54. The Morgan fingerprint density at radius 1 is 1.35 bits per heavy atom. The van der Waals surface area contributed by atoms with E-state index in [4.69, 9.17) is 10.8 Å². The summed E-state index contributed by atoms with van der Waals surface area (Å²) in [7, 11) is 0. The minimum atomic E-state index is -3.21. The van der Waals surface area contributed by atoms with E-state index >= 15 is 0 Å². The molecule has 1 atom stereocenters. The number of carbonyl (C=O) groups is 1. The van der Waals surface area contributed by atoms with Gasteiger partial charge < -0.3 is 20.7 Å². The highest BCUT2D eigenvalue weighted by molar-refractivity contribution is 5.76. The Balaban J connectivity index is 2.64. The summed E-state index contributed by atoms with van der Waals surface area (Å²) >= 11 is 0. The van der Waals surface area contributed by atoms with Crippen LogP contribution in [-0.4, -0.2) is 28.8 Å². The van der Waals surface area contributed by atoms with Gasteiger partial charge in [-0.25, -0.2) is 0 Å². The molecule has 0 spiro atoms. The van der Waals surface area contributed by atoms with Gasteiger partial charge in [0.2, 0.25) is 0 Å². The van der Waals surface area contributed by atoms with Gasteiger partial charge in [-0.15, -0.1) is 0 Å². The quantitative estimate of drug-likeness (QED) is 0.539. The van der Waals surface area contributed by atoms with E-state index in [9.17, 15) is 18.7 Å². The van der Waals surface area contributed by atoms with E-state index < -0.39 is 18.6 Å². The molecule has 17 heavy (non-hydrogen) atoms. The molecule has 1 aromatic carbocycles. The van der Waals surface area contributed by atoms with Gasteiger partial charge >= 0.3 is 12.6 Å². The van der Waals surface area contributed by atoms with Crippen LogP contribution in [0.2, 0.25) is 0 Å². The maximum atomic E-state index is 11.7. The van der Waals surface area contributed by atoms with Crippen LogP contribution in [-0.2, 0) is 16.0 Å². The topological polar surface area (TPSA) is 92.8 Å². The average molecular weight is 247 g/mol. The fourth-order valence-corrected chi connectivity index (χ4v) is 1.21. The van der Waals surface area contributed by atoms with Crippen molar-refractivity contribution >= 4 is 5.97 Å². The zero-order chi connectivity index (χ0) is 13.0. The highest BCUT2D eigenvalue weighted by Crippen LogP contribution is 2.25. The molecule has 0 aliphatic rings. The Kier molecular flexibility index (Phi) is 4.22. The molecule has 0 aliphatic heterocycles. The number of nitrogens with two attached hydrogens (primary N) is 1. The number of hydrogen-bond acceptors (Lipinski definition) is 5. The maximum absolute atomic E-state index is 11.7. The summed E-state index contributed by atoms with van der Waals surface area (Å²) in [6.45, 7) is -3.21. The number of carbonyl (C=O) groups excluding carboxylic acids is 1. The predicted octanol–water partition coefficient (Wildman–Crippen LogP) is 0.733. The number of hydrogen-bond donors (Lipinski definition) is 3. The molecule has 0 unspecified atom stereocenters. The number of halogens is 2. The second kappa shape index (κ2) is 5.44. The third-order valence-corrected chi connectivity index (χ3v) is 2.00. The van der Waals surface area contributed by atoms with Gasteiger partial charge in [-0.05, 0) is 24.1 Å². The van der Waals surface area contributed by atoms with Crippen molar-refractivity contribution in [2.24, 2.45) is 5.73 Å². The first-order chi connectivity index (χ1) is 7.90. The monoisotopic (exact) mass is 247 g/mol. The van der Waals surface area contributed by atoms with Crippen LogP contribution >= 0.6 is 0 Å². The average Bonchev–Trinajstić information content (AvgIpc) is 2.22. The fraction of sp³-hybridized carbons (Fsp3) is 0.300. The first-order valence-electron chi connectivity index (χ1n) is 4.65. The van der Waals surface area contributed by atoms with Crippen molar-refractivity contribution in [2.45, 2.75) is 19.1 Å².